The molecule has 228 valence electrons. The lowest BCUT2D eigenvalue weighted by molar-refractivity contribution is -0.385. The normalized spacial score (nSPS) is 16.8. The molecule has 0 aliphatic carbocycles. The molecule has 3 heterocycles. The van der Waals surface area contributed by atoms with Gasteiger partial charge in [0.2, 0.25) is 0 Å². The van der Waals surface area contributed by atoms with Crippen LogP contribution in [-0.4, -0.2) is 54.3 Å². The van der Waals surface area contributed by atoms with Crippen molar-refractivity contribution in [3.8, 4) is 11.4 Å². The third kappa shape index (κ3) is 5.74. The molecule has 0 saturated carbocycles. The Balaban J connectivity index is 1.42. The quantitative estimate of drug-likeness (QED) is 0.141. The summed E-state index contributed by atoms with van der Waals surface area (Å²) in [5.41, 5.74) is -0.204. The van der Waals surface area contributed by atoms with Crippen LogP contribution in [0.2, 0.25) is 0 Å². The minimum Gasteiger partial charge on any atom is -0.491 e. The zero-order chi connectivity index (χ0) is 31.4. The van der Waals surface area contributed by atoms with Gasteiger partial charge in [-0.15, -0.1) is 5.10 Å². The fraction of sp³-hybridized carbons (Fsp3) is 0.290. The highest BCUT2D eigenvalue weighted by Crippen LogP contribution is 2.47. The van der Waals surface area contributed by atoms with Gasteiger partial charge < -0.3 is 19.8 Å². The number of allylic oxidation sites excluding steroid dienone is 1. The second-order valence-corrected chi connectivity index (χ2v) is 10.5. The lowest BCUT2D eigenvalue weighted by Crippen LogP contribution is -2.44. The fourth-order valence-corrected chi connectivity index (χ4v) is 5.35. The lowest BCUT2D eigenvalue weighted by Gasteiger charge is -2.27. The average molecular weight is 601 g/mol. The first-order chi connectivity index (χ1) is 21.2. The summed E-state index contributed by atoms with van der Waals surface area (Å²) < 4.78 is 8.23. The maximum absolute atomic E-state index is 14.0. The summed E-state index contributed by atoms with van der Waals surface area (Å²) in [5, 5.41) is 40.7. The van der Waals surface area contributed by atoms with Crippen molar-refractivity contribution >= 4 is 17.3 Å². The summed E-state index contributed by atoms with van der Waals surface area (Å²) in [6, 6.07) is 14.4. The van der Waals surface area contributed by atoms with Gasteiger partial charge in [0.1, 0.15) is 0 Å². The first kappa shape index (κ1) is 30.3. The molecule has 1 aliphatic heterocycles. The van der Waals surface area contributed by atoms with Gasteiger partial charge in [-0.1, -0.05) is 36.4 Å². The molecule has 2 atom stereocenters. The van der Waals surface area contributed by atoms with Crippen LogP contribution in [0.15, 0.2) is 83.9 Å². The van der Waals surface area contributed by atoms with E-state index in [0.717, 1.165) is 0 Å². The third-order valence-corrected chi connectivity index (χ3v) is 7.69. The first-order valence-corrected chi connectivity index (χ1v) is 14.0. The van der Waals surface area contributed by atoms with Crippen molar-refractivity contribution in [3.63, 3.8) is 0 Å². The maximum Gasteiger partial charge on any atom is 0.297 e. The molecule has 44 heavy (non-hydrogen) atoms. The van der Waals surface area contributed by atoms with Gasteiger partial charge in [0.15, 0.2) is 11.4 Å². The molecule has 0 radical (unpaired) electrons. The number of ether oxygens (including phenoxy) is 1. The Kier molecular flexibility index (Phi) is 8.69. The van der Waals surface area contributed by atoms with Crippen molar-refractivity contribution in [1.29, 1.82) is 0 Å². The van der Waals surface area contributed by atoms with Crippen molar-refractivity contribution in [2.24, 2.45) is 5.92 Å². The monoisotopic (exact) mass is 600 g/mol. The SMILES string of the molecule is COc1cccn(-c2cccc(CN3C(=O)[C@@](O)([C@@H](C)/C=C/CCn4cc(CCO)nn4)c4cc([N+](=O)[O-])ccc43)c2)c1=O. The van der Waals surface area contributed by atoms with E-state index in [1.807, 2.05) is 6.08 Å². The van der Waals surface area contributed by atoms with Crippen molar-refractivity contribution in [2.75, 3.05) is 18.6 Å². The van der Waals surface area contributed by atoms with Crippen LogP contribution in [-0.2, 0) is 29.9 Å². The number of rotatable bonds is 12. The molecule has 0 spiro atoms. The van der Waals surface area contributed by atoms with Crippen LogP contribution in [0.3, 0.4) is 0 Å². The number of nitrogens with zero attached hydrogens (tertiary/aromatic N) is 6. The topological polar surface area (TPSA) is 166 Å². The van der Waals surface area contributed by atoms with Gasteiger partial charge in [0.05, 0.1) is 30.0 Å². The Hall–Kier alpha value is -5.14. The van der Waals surface area contributed by atoms with Crippen LogP contribution in [0, 0.1) is 16.0 Å². The van der Waals surface area contributed by atoms with Crippen LogP contribution in [0.1, 0.15) is 30.2 Å². The Morgan fingerprint density at radius 2 is 1.98 bits per heavy atom. The van der Waals surface area contributed by atoms with Crippen molar-refractivity contribution in [2.45, 2.75) is 38.5 Å². The van der Waals surface area contributed by atoms with Crippen LogP contribution in [0.25, 0.3) is 5.69 Å². The standard InChI is InChI=1S/C31H32N6O7/c1-21(7-3-4-14-34-20-23(13-16-38)32-33-34)31(41)26-18-25(37(42)43)11-12-27(26)36(30(31)40)19-22-8-5-9-24(17-22)35-15-6-10-28(44-2)29(35)39/h3,5-12,15,17-18,20-21,38,41H,4,13-14,16,19H2,1-2H3/b7-3+/t21-,31+/m0/s1. The largest absolute Gasteiger partial charge is 0.491 e. The molecular weight excluding hydrogens is 568 g/mol. The average Bonchev–Trinajstić information content (AvgIpc) is 3.56. The van der Waals surface area contributed by atoms with Crippen LogP contribution in [0.5, 0.6) is 5.75 Å². The molecule has 0 fully saturated rings. The summed E-state index contributed by atoms with van der Waals surface area (Å²) >= 11 is 0. The zero-order valence-electron chi connectivity index (χ0n) is 24.2. The van der Waals surface area contributed by atoms with Gasteiger partial charge in [0.25, 0.3) is 17.2 Å². The predicted molar refractivity (Wildman–Crippen MR) is 161 cm³/mol. The van der Waals surface area contributed by atoms with Crippen LogP contribution in [0.4, 0.5) is 11.4 Å². The first-order valence-electron chi connectivity index (χ1n) is 14.0. The van der Waals surface area contributed by atoms with Gasteiger partial charge in [-0.2, -0.15) is 0 Å². The van der Waals surface area contributed by atoms with E-state index in [0.29, 0.717) is 42.0 Å². The second kappa shape index (κ2) is 12.6. The van der Waals surface area contributed by atoms with Crippen molar-refractivity contribution in [3.05, 3.63) is 116 Å². The van der Waals surface area contributed by atoms with Gasteiger partial charge >= 0.3 is 0 Å². The molecule has 2 aromatic heterocycles. The van der Waals surface area contributed by atoms with E-state index in [9.17, 15) is 24.8 Å². The number of nitro benzene ring substituents is 1. The van der Waals surface area contributed by atoms with Gasteiger partial charge in [-0.3, -0.25) is 29.0 Å². The number of fused-ring (bicyclic) bond motifs is 1. The minimum absolute atomic E-state index is 0.0207. The number of benzene rings is 2. The number of pyridine rings is 1. The summed E-state index contributed by atoms with van der Waals surface area (Å²) in [6.45, 7) is 2.21. The molecule has 0 bridgehead atoms. The molecule has 2 aromatic carbocycles. The molecule has 2 N–H and O–H groups in total. The Morgan fingerprint density at radius 3 is 2.73 bits per heavy atom. The molecule has 4 aromatic rings. The molecule has 13 nitrogen and oxygen atoms in total. The zero-order valence-corrected chi connectivity index (χ0v) is 24.2. The summed E-state index contributed by atoms with van der Waals surface area (Å²) in [4.78, 5) is 39.2. The Bertz CT molecular complexity index is 1780. The second-order valence-electron chi connectivity index (χ2n) is 10.5. The van der Waals surface area contributed by atoms with E-state index in [4.69, 9.17) is 9.84 Å². The molecular formula is C31H32N6O7. The Labute approximate surface area is 252 Å². The number of methoxy groups -OCH3 is 1. The highest BCUT2D eigenvalue weighted by atomic mass is 16.6. The number of anilines is 1. The number of hydrogen-bond donors (Lipinski definition) is 2. The highest BCUT2D eigenvalue weighted by molar-refractivity contribution is 6.07. The number of amides is 1. The van der Waals surface area contributed by atoms with E-state index in [1.165, 1.54) is 34.8 Å². The van der Waals surface area contributed by atoms with Gasteiger partial charge in [0, 0.05) is 61.3 Å². The number of aromatic nitrogens is 4. The molecule has 0 saturated heterocycles. The minimum atomic E-state index is -2.05. The smallest absolute Gasteiger partial charge is 0.297 e. The van der Waals surface area contributed by atoms with Crippen molar-refractivity contribution < 1.29 is 24.7 Å². The number of carbonyl (C=O) groups is 1. The summed E-state index contributed by atoms with van der Waals surface area (Å²) in [5.74, 6) is -1.16. The molecule has 13 heteroatoms. The van der Waals surface area contributed by atoms with Crippen molar-refractivity contribution in [1.82, 2.24) is 19.6 Å². The summed E-state index contributed by atoms with van der Waals surface area (Å²) in [7, 11) is 1.42. The molecule has 0 unspecified atom stereocenters. The maximum atomic E-state index is 14.0. The predicted octanol–water partition coefficient (Wildman–Crippen LogP) is 2.90. The van der Waals surface area contributed by atoms with E-state index in [2.05, 4.69) is 10.3 Å². The Morgan fingerprint density at radius 1 is 1.16 bits per heavy atom. The van der Waals surface area contributed by atoms with E-state index in [-0.39, 0.29) is 35.7 Å². The van der Waals surface area contributed by atoms with E-state index in [1.54, 1.807) is 66.5 Å². The molecule has 5 rings (SSSR count). The lowest BCUT2D eigenvalue weighted by atomic mass is 9.82. The number of aliphatic hydroxyl groups is 2. The molecule has 1 aliphatic rings. The highest BCUT2D eigenvalue weighted by Gasteiger charge is 2.53. The number of aliphatic hydroxyl groups excluding tert-OH is 1. The number of carbonyl (C=O) groups excluding carboxylic acids is 1. The number of nitro groups is 1. The van der Waals surface area contributed by atoms with Gasteiger partial charge in [-0.05, 0) is 42.3 Å². The van der Waals surface area contributed by atoms with Crippen LogP contribution < -0.4 is 15.2 Å². The summed E-state index contributed by atoms with van der Waals surface area (Å²) in [6.07, 6.45) is 7.83. The fourth-order valence-electron chi connectivity index (χ4n) is 5.35. The van der Waals surface area contributed by atoms with Gasteiger partial charge in [-0.25, -0.2) is 0 Å². The number of hydrogen-bond acceptors (Lipinski definition) is 9. The van der Waals surface area contributed by atoms with E-state index >= 15 is 0 Å². The van der Waals surface area contributed by atoms with Crippen LogP contribution >= 0.6 is 0 Å². The number of non-ortho nitro benzene ring substituents is 1. The number of aryl methyl sites for hydroxylation is 1. The third-order valence-electron chi connectivity index (χ3n) is 7.69. The van der Waals surface area contributed by atoms with E-state index < -0.39 is 22.3 Å². The molecule has 1 amide bonds.